The smallest absolute Gasteiger partial charge is 0.264 e. The Balaban J connectivity index is 2.02. The van der Waals surface area contributed by atoms with Crippen molar-refractivity contribution in [1.29, 1.82) is 0 Å². The molecule has 1 N–H and O–H groups in total. The van der Waals surface area contributed by atoms with Gasteiger partial charge in [-0.2, -0.15) is 0 Å². The van der Waals surface area contributed by atoms with E-state index in [1.165, 1.54) is 17.0 Å². The van der Waals surface area contributed by atoms with Gasteiger partial charge in [-0.05, 0) is 81.6 Å². The predicted molar refractivity (Wildman–Crippen MR) is 158 cm³/mol. The van der Waals surface area contributed by atoms with Gasteiger partial charge in [-0.3, -0.25) is 13.9 Å². The van der Waals surface area contributed by atoms with Gasteiger partial charge in [0, 0.05) is 12.6 Å². The Morgan fingerprint density at radius 2 is 1.52 bits per heavy atom. The number of nitrogens with zero attached hydrogens (tertiary/aromatic N) is 2. The summed E-state index contributed by atoms with van der Waals surface area (Å²) < 4.78 is 34.3. The van der Waals surface area contributed by atoms with Crippen molar-refractivity contribution in [3.05, 3.63) is 90.0 Å². The summed E-state index contributed by atoms with van der Waals surface area (Å²) in [7, 11) is -4.11. The Morgan fingerprint density at radius 3 is 2.12 bits per heavy atom. The highest BCUT2D eigenvalue weighted by Gasteiger charge is 2.33. The maximum atomic E-state index is 14.0. The molecule has 9 heteroatoms. The number of rotatable bonds is 13. The van der Waals surface area contributed by atoms with Crippen LogP contribution in [0.3, 0.4) is 0 Å². The Morgan fingerprint density at radius 1 is 0.900 bits per heavy atom. The lowest BCUT2D eigenvalue weighted by Crippen LogP contribution is -2.52. The molecule has 8 nitrogen and oxygen atoms in total. The van der Waals surface area contributed by atoms with Crippen LogP contribution in [0, 0.1) is 6.92 Å². The molecule has 40 heavy (non-hydrogen) atoms. The van der Waals surface area contributed by atoms with Crippen molar-refractivity contribution in [2.75, 3.05) is 17.5 Å². The van der Waals surface area contributed by atoms with Crippen molar-refractivity contribution in [2.24, 2.45) is 0 Å². The van der Waals surface area contributed by atoms with Crippen LogP contribution in [0.2, 0.25) is 0 Å². The number of carbonyl (C=O) groups is 2. The second kappa shape index (κ2) is 14.0. The largest absolute Gasteiger partial charge is 0.494 e. The zero-order valence-corrected chi connectivity index (χ0v) is 24.6. The second-order valence-electron chi connectivity index (χ2n) is 9.69. The quantitative estimate of drug-likeness (QED) is 0.317. The monoisotopic (exact) mass is 565 g/mol. The minimum atomic E-state index is -4.11. The normalized spacial score (nSPS) is 12.7. The molecule has 0 spiro atoms. The van der Waals surface area contributed by atoms with Crippen LogP contribution >= 0.6 is 0 Å². The first kappa shape index (κ1) is 30.7. The van der Waals surface area contributed by atoms with E-state index in [0.29, 0.717) is 18.0 Å². The topological polar surface area (TPSA) is 96.0 Å². The number of nitrogens with one attached hydrogen (secondary N) is 1. The molecule has 2 atom stereocenters. The van der Waals surface area contributed by atoms with Gasteiger partial charge in [-0.25, -0.2) is 8.42 Å². The van der Waals surface area contributed by atoms with Crippen LogP contribution in [0.15, 0.2) is 83.8 Å². The second-order valence-corrected chi connectivity index (χ2v) is 11.6. The van der Waals surface area contributed by atoms with Crippen molar-refractivity contribution in [1.82, 2.24) is 10.2 Å². The van der Waals surface area contributed by atoms with Crippen molar-refractivity contribution in [2.45, 2.75) is 64.6 Å². The van der Waals surface area contributed by atoms with Crippen molar-refractivity contribution < 1.29 is 22.7 Å². The zero-order valence-electron chi connectivity index (χ0n) is 23.8. The molecule has 3 aromatic carbocycles. The molecule has 2 amide bonds. The number of hydrogen-bond donors (Lipinski definition) is 1. The van der Waals surface area contributed by atoms with Gasteiger partial charge in [-0.15, -0.1) is 0 Å². The fraction of sp³-hybridized carbons (Fsp3) is 0.355. The molecule has 0 unspecified atom stereocenters. The molecule has 0 aliphatic carbocycles. The number of anilines is 1. The average Bonchev–Trinajstić information content (AvgIpc) is 2.96. The molecule has 3 aromatic rings. The highest BCUT2D eigenvalue weighted by atomic mass is 32.2. The van der Waals surface area contributed by atoms with Crippen LogP contribution in [0.5, 0.6) is 5.75 Å². The maximum Gasteiger partial charge on any atom is 0.264 e. The zero-order chi connectivity index (χ0) is 29.3. The van der Waals surface area contributed by atoms with Gasteiger partial charge >= 0.3 is 0 Å². The van der Waals surface area contributed by atoms with E-state index in [1.807, 2.05) is 52.0 Å². The molecule has 0 radical (unpaired) electrons. The standard InChI is InChI=1S/C31H39N3O5S/c1-6-24(4)32-31(36)25(5)33(21-26-14-12-11-13-23(26)3)30(35)22-34(27-17-19-28(20-18-27)39-7-2)40(37,38)29-15-9-8-10-16-29/h8-20,24-25H,6-7,21-22H2,1-5H3,(H,32,36)/t24-,25+/m0/s1. The highest BCUT2D eigenvalue weighted by molar-refractivity contribution is 7.92. The van der Waals surface area contributed by atoms with Gasteiger partial charge in [0.05, 0.1) is 17.2 Å². The summed E-state index contributed by atoms with van der Waals surface area (Å²) in [6.07, 6.45) is 0.741. The minimum Gasteiger partial charge on any atom is -0.494 e. The van der Waals surface area contributed by atoms with E-state index in [-0.39, 0.29) is 23.4 Å². The summed E-state index contributed by atoms with van der Waals surface area (Å²) in [5.41, 5.74) is 2.15. The van der Waals surface area contributed by atoms with E-state index in [1.54, 1.807) is 49.4 Å². The van der Waals surface area contributed by atoms with Crippen LogP contribution in [-0.2, 0) is 26.2 Å². The fourth-order valence-electron chi connectivity index (χ4n) is 4.14. The fourth-order valence-corrected chi connectivity index (χ4v) is 5.58. The van der Waals surface area contributed by atoms with Gasteiger partial charge in [0.15, 0.2) is 0 Å². The average molecular weight is 566 g/mol. The van der Waals surface area contributed by atoms with Gasteiger partial charge in [0.1, 0.15) is 18.3 Å². The summed E-state index contributed by atoms with van der Waals surface area (Å²) in [6.45, 7) is 9.47. The van der Waals surface area contributed by atoms with Gasteiger partial charge in [0.2, 0.25) is 11.8 Å². The van der Waals surface area contributed by atoms with Crippen LogP contribution < -0.4 is 14.4 Å². The number of ether oxygens (including phenoxy) is 1. The Labute approximate surface area is 238 Å². The molecule has 214 valence electrons. The molecular weight excluding hydrogens is 526 g/mol. The molecule has 0 saturated heterocycles. The molecule has 0 heterocycles. The number of amides is 2. The van der Waals surface area contributed by atoms with E-state index in [9.17, 15) is 18.0 Å². The molecule has 3 rings (SSSR count). The Bertz CT molecular complexity index is 1380. The van der Waals surface area contributed by atoms with Crippen molar-refractivity contribution in [3.63, 3.8) is 0 Å². The third kappa shape index (κ3) is 7.63. The summed E-state index contributed by atoms with van der Waals surface area (Å²) in [6, 6.07) is 21.3. The maximum absolute atomic E-state index is 14.0. The highest BCUT2D eigenvalue weighted by Crippen LogP contribution is 2.27. The van der Waals surface area contributed by atoms with Gasteiger partial charge in [-0.1, -0.05) is 49.4 Å². The van der Waals surface area contributed by atoms with Crippen molar-refractivity contribution in [3.8, 4) is 5.75 Å². The number of aryl methyl sites for hydroxylation is 1. The first-order valence-electron chi connectivity index (χ1n) is 13.5. The predicted octanol–water partition coefficient (Wildman–Crippen LogP) is 4.92. The third-order valence-corrected chi connectivity index (χ3v) is 8.60. The molecule has 0 aromatic heterocycles. The Kier molecular flexibility index (Phi) is 10.7. The Hall–Kier alpha value is -3.85. The summed E-state index contributed by atoms with van der Waals surface area (Å²) >= 11 is 0. The lowest BCUT2D eigenvalue weighted by Gasteiger charge is -2.32. The van der Waals surface area contributed by atoms with E-state index in [0.717, 1.165) is 21.9 Å². The first-order chi connectivity index (χ1) is 19.1. The third-order valence-electron chi connectivity index (χ3n) is 6.82. The molecule has 0 bridgehead atoms. The number of hydrogen-bond acceptors (Lipinski definition) is 5. The van der Waals surface area contributed by atoms with Crippen LogP contribution in [-0.4, -0.2) is 50.4 Å². The summed E-state index contributed by atoms with van der Waals surface area (Å²) in [4.78, 5) is 28.7. The number of sulfonamides is 1. The SMILES string of the molecule is CCOc1ccc(N(CC(=O)N(Cc2ccccc2C)[C@H](C)C(=O)N[C@@H](C)CC)S(=O)(=O)c2ccccc2)cc1. The van der Waals surface area contributed by atoms with Gasteiger partial charge in [0.25, 0.3) is 10.0 Å². The van der Waals surface area contributed by atoms with Crippen LogP contribution in [0.25, 0.3) is 0 Å². The minimum absolute atomic E-state index is 0.0599. The van der Waals surface area contributed by atoms with Gasteiger partial charge < -0.3 is 15.0 Å². The van der Waals surface area contributed by atoms with Crippen molar-refractivity contribution >= 4 is 27.5 Å². The summed E-state index contributed by atoms with van der Waals surface area (Å²) in [5.74, 6) is -0.204. The molecule has 0 aliphatic heterocycles. The first-order valence-corrected chi connectivity index (χ1v) is 15.0. The molecule has 0 aliphatic rings. The van der Waals surface area contributed by atoms with E-state index in [4.69, 9.17) is 4.74 Å². The van der Waals surface area contributed by atoms with E-state index < -0.39 is 28.5 Å². The molecular formula is C31H39N3O5S. The van der Waals surface area contributed by atoms with E-state index >= 15 is 0 Å². The number of benzene rings is 3. The molecule has 0 saturated carbocycles. The lowest BCUT2D eigenvalue weighted by molar-refractivity contribution is -0.139. The lowest BCUT2D eigenvalue weighted by atomic mass is 10.1. The van der Waals surface area contributed by atoms with Crippen LogP contribution in [0.1, 0.15) is 45.2 Å². The molecule has 0 fully saturated rings. The number of carbonyl (C=O) groups excluding carboxylic acids is 2. The van der Waals surface area contributed by atoms with E-state index in [2.05, 4.69) is 5.32 Å². The summed E-state index contributed by atoms with van der Waals surface area (Å²) in [5, 5.41) is 2.95. The van der Waals surface area contributed by atoms with Crippen LogP contribution in [0.4, 0.5) is 5.69 Å².